The Morgan fingerprint density at radius 1 is 1.04 bits per heavy atom. The SMILES string of the molecule is CCN(CC)C/C=C/S(=O)(=O)CCN(C)c1nc(OCC23CCCN2CCC3)nc2c1CCN(c1cccc3cccc(Cl)c13)C2. The highest BCUT2D eigenvalue weighted by molar-refractivity contribution is 7.94. The smallest absolute Gasteiger partial charge is 0.318 e. The molecule has 46 heavy (non-hydrogen) atoms. The Balaban J connectivity index is 1.26. The fourth-order valence-electron chi connectivity index (χ4n) is 7.43. The highest BCUT2D eigenvalue weighted by Crippen LogP contribution is 2.40. The Bertz CT molecular complexity index is 1660. The minimum atomic E-state index is -3.38. The van der Waals surface area contributed by atoms with E-state index in [1.54, 1.807) is 6.08 Å². The van der Waals surface area contributed by atoms with Crippen molar-refractivity contribution in [2.45, 2.75) is 58.0 Å². The van der Waals surface area contributed by atoms with Gasteiger partial charge in [-0.3, -0.25) is 4.90 Å². The third-order valence-electron chi connectivity index (χ3n) is 10.1. The fourth-order valence-corrected chi connectivity index (χ4v) is 8.76. The second kappa shape index (κ2) is 14.1. The summed E-state index contributed by atoms with van der Waals surface area (Å²) in [7, 11) is -1.46. The van der Waals surface area contributed by atoms with Crippen molar-refractivity contribution < 1.29 is 13.2 Å². The molecular formula is C35H47ClN6O3S. The number of benzene rings is 2. The van der Waals surface area contributed by atoms with Gasteiger partial charge in [0, 0.05) is 48.7 Å². The summed E-state index contributed by atoms with van der Waals surface area (Å²) in [5, 5.41) is 4.24. The Morgan fingerprint density at radius 2 is 1.78 bits per heavy atom. The van der Waals surface area contributed by atoms with Crippen molar-refractivity contribution in [3.05, 3.63) is 64.2 Å². The first-order valence-corrected chi connectivity index (χ1v) is 18.8. The van der Waals surface area contributed by atoms with Crippen LogP contribution in [0.4, 0.5) is 11.5 Å². The molecular weight excluding hydrogens is 620 g/mol. The van der Waals surface area contributed by atoms with Crippen LogP contribution in [-0.2, 0) is 22.8 Å². The van der Waals surface area contributed by atoms with Gasteiger partial charge in [0.25, 0.3) is 0 Å². The van der Waals surface area contributed by atoms with Crippen LogP contribution in [0.2, 0.25) is 5.02 Å². The molecule has 0 unspecified atom stereocenters. The Hall–Kier alpha value is -2.92. The number of anilines is 2. The molecule has 3 aromatic rings. The molecule has 0 radical (unpaired) electrons. The molecule has 6 rings (SSSR count). The van der Waals surface area contributed by atoms with E-state index < -0.39 is 9.84 Å². The van der Waals surface area contributed by atoms with E-state index in [0.29, 0.717) is 32.3 Å². The number of aromatic nitrogens is 2. The molecule has 1 aromatic heterocycles. The third-order valence-corrected chi connectivity index (χ3v) is 11.8. The van der Waals surface area contributed by atoms with Crippen LogP contribution in [0.15, 0.2) is 47.9 Å². The molecule has 4 heterocycles. The predicted octanol–water partition coefficient (Wildman–Crippen LogP) is 5.56. The summed E-state index contributed by atoms with van der Waals surface area (Å²) >= 11 is 6.71. The van der Waals surface area contributed by atoms with E-state index in [0.717, 1.165) is 90.5 Å². The maximum atomic E-state index is 13.0. The normalized spacial score (nSPS) is 18.1. The van der Waals surface area contributed by atoms with E-state index in [4.69, 9.17) is 26.3 Å². The van der Waals surface area contributed by atoms with Gasteiger partial charge in [-0.2, -0.15) is 9.97 Å². The van der Waals surface area contributed by atoms with Crippen LogP contribution < -0.4 is 14.5 Å². The van der Waals surface area contributed by atoms with E-state index in [1.165, 1.54) is 18.2 Å². The molecule has 11 heteroatoms. The molecule has 0 bridgehead atoms. The fraction of sp³-hybridized carbons (Fsp3) is 0.543. The van der Waals surface area contributed by atoms with Crippen LogP contribution in [0.25, 0.3) is 10.8 Å². The number of hydrogen-bond acceptors (Lipinski definition) is 9. The molecule has 2 fully saturated rings. The summed E-state index contributed by atoms with van der Waals surface area (Å²) in [6, 6.07) is 12.7. The number of halogens is 1. The topological polar surface area (TPSA) is 82.1 Å². The van der Waals surface area contributed by atoms with Gasteiger partial charge in [-0.05, 0) is 75.8 Å². The van der Waals surface area contributed by atoms with Gasteiger partial charge >= 0.3 is 6.01 Å². The lowest BCUT2D eigenvalue weighted by molar-refractivity contribution is 0.107. The molecule has 0 saturated carbocycles. The number of rotatable bonds is 13. The van der Waals surface area contributed by atoms with Gasteiger partial charge in [-0.25, -0.2) is 8.42 Å². The van der Waals surface area contributed by atoms with Gasteiger partial charge in [0.05, 0.1) is 28.6 Å². The number of nitrogens with zero attached hydrogens (tertiary/aromatic N) is 6. The Kier molecular flexibility index (Phi) is 10.1. The average molecular weight is 667 g/mol. The second-order valence-corrected chi connectivity index (χ2v) is 15.3. The van der Waals surface area contributed by atoms with Crippen LogP contribution in [-0.4, -0.2) is 98.9 Å². The molecule has 0 atom stereocenters. The summed E-state index contributed by atoms with van der Waals surface area (Å²) in [5.74, 6) is 0.761. The van der Waals surface area contributed by atoms with Crippen molar-refractivity contribution in [2.24, 2.45) is 0 Å². The second-order valence-electron chi connectivity index (χ2n) is 12.9. The lowest BCUT2D eigenvalue weighted by Gasteiger charge is -2.34. The predicted molar refractivity (Wildman–Crippen MR) is 188 cm³/mol. The molecule has 248 valence electrons. The summed E-state index contributed by atoms with van der Waals surface area (Å²) in [6.45, 7) is 11.1. The van der Waals surface area contributed by atoms with E-state index in [9.17, 15) is 8.42 Å². The Morgan fingerprint density at radius 3 is 2.52 bits per heavy atom. The van der Waals surface area contributed by atoms with Crippen molar-refractivity contribution in [1.29, 1.82) is 0 Å². The van der Waals surface area contributed by atoms with E-state index in [1.807, 2.05) is 24.1 Å². The minimum absolute atomic E-state index is 0.00587. The zero-order valence-electron chi connectivity index (χ0n) is 27.4. The molecule has 0 spiro atoms. The number of ether oxygens (including phenoxy) is 1. The largest absolute Gasteiger partial charge is 0.461 e. The van der Waals surface area contributed by atoms with Gasteiger partial charge in [-0.1, -0.05) is 55.8 Å². The monoisotopic (exact) mass is 666 g/mol. The van der Waals surface area contributed by atoms with Crippen LogP contribution in [0.1, 0.15) is 50.8 Å². The molecule has 0 amide bonds. The molecule has 0 N–H and O–H groups in total. The zero-order chi connectivity index (χ0) is 32.3. The molecule has 3 aliphatic rings. The van der Waals surface area contributed by atoms with E-state index >= 15 is 0 Å². The maximum Gasteiger partial charge on any atom is 0.318 e. The van der Waals surface area contributed by atoms with Gasteiger partial charge in [-0.15, -0.1) is 0 Å². The molecule has 2 aromatic carbocycles. The van der Waals surface area contributed by atoms with Gasteiger partial charge < -0.3 is 19.4 Å². The number of sulfone groups is 1. The number of likely N-dealkylation sites (N-methyl/N-ethyl adjacent to an activating group) is 1. The lowest BCUT2D eigenvalue weighted by atomic mass is 9.95. The first-order valence-electron chi connectivity index (χ1n) is 16.7. The molecule has 9 nitrogen and oxygen atoms in total. The minimum Gasteiger partial charge on any atom is -0.461 e. The van der Waals surface area contributed by atoms with E-state index in [-0.39, 0.29) is 11.3 Å². The highest BCUT2D eigenvalue weighted by Gasteiger charge is 2.45. The molecule has 0 aliphatic carbocycles. The van der Waals surface area contributed by atoms with Crippen molar-refractivity contribution >= 4 is 43.7 Å². The van der Waals surface area contributed by atoms with Gasteiger partial charge in [0.15, 0.2) is 9.84 Å². The number of hydrogen-bond donors (Lipinski definition) is 0. The zero-order valence-corrected chi connectivity index (χ0v) is 29.0. The van der Waals surface area contributed by atoms with E-state index in [2.05, 4.69) is 52.8 Å². The Labute approximate surface area is 279 Å². The van der Waals surface area contributed by atoms with Crippen LogP contribution in [0, 0.1) is 0 Å². The standard InChI is InChI=1S/C35H47ClN6O3S/c1-4-40(5-2)18-10-23-46(43,44)24-22-39(3)33-28-15-21-41(31-14-7-12-27-11-6-13-29(36)32(27)31)25-30(28)37-34(38-33)45-26-35-16-8-19-42(35)20-9-17-35/h6-7,10-14,23H,4-5,8-9,15-22,24-26H2,1-3H3/b23-10+. The van der Waals surface area contributed by atoms with Gasteiger partial charge in [0.1, 0.15) is 12.4 Å². The first kappa shape index (κ1) is 33.0. The lowest BCUT2D eigenvalue weighted by Crippen LogP contribution is -2.43. The molecule has 3 aliphatic heterocycles. The van der Waals surface area contributed by atoms with Crippen LogP contribution in [0.5, 0.6) is 6.01 Å². The summed E-state index contributed by atoms with van der Waals surface area (Å²) in [4.78, 5) is 19.0. The average Bonchev–Trinajstić information content (AvgIpc) is 3.65. The summed E-state index contributed by atoms with van der Waals surface area (Å²) < 4.78 is 32.4. The van der Waals surface area contributed by atoms with Crippen molar-refractivity contribution in [2.75, 3.05) is 75.0 Å². The quantitative estimate of drug-likeness (QED) is 0.233. The van der Waals surface area contributed by atoms with Gasteiger partial charge in [0.2, 0.25) is 0 Å². The van der Waals surface area contributed by atoms with Crippen molar-refractivity contribution in [1.82, 2.24) is 19.8 Å². The number of fused-ring (bicyclic) bond motifs is 3. The summed E-state index contributed by atoms with van der Waals surface area (Å²) in [5.41, 5.74) is 3.12. The highest BCUT2D eigenvalue weighted by atomic mass is 35.5. The van der Waals surface area contributed by atoms with Crippen molar-refractivity contribution in [3.8, 4) is 6.01 Å². The van der Waals surface area contributed by atoms with Crippen LogP contribution >= 0.6 is 11.6 Å². The third kappa shape index (κ3) is 7.00. The first-order chi connectivity index (χ1) is 22.2. The van der Waals surface area contributed by atoms with Crippen LogP contribution in [0.3, 0.4) is 0 Å². The summed E-state index contributed by atoms with van der Waals surface area (Å²) in [6.07, 6.45) is 7.15. The molecule has 2 saturated heterocycles. The van der Waals surface area contributed by atoms with Crippen molar-refractivity contribution in [3.63, 3.8) is 0 Å². The maximum absolute atomic E-state index is 13.0.